The Morgan fingerprint density at radius 2 is 2.23 bits per heavy atom. The van der Waals surface area contributed by atoms with Crippen molar-refractivity contribution in [3.63, 3.8) is 0 Å². The minimum Gasteiger partial charge on any atom is -0.504 e. The van der Waals surface area contributed by atoms with E-state index in [-0.39, 0.29) is 5.02 Å². The summed E-state index contributed by atoms with van der Waals surface area (Å²) in [6, 6.07) is 2.53. The molecule has 4 heteroatoms. The van der Waals surface area contributed by atoms with Crippen LogP contribution >= 0.6 is 11.6 Å². The van der Waals surface area contributed by atoms with Crippen molar-refractivity contribution in [1.82, 2.24) is 0 Å². The first-order valence-electron chi connectivity index (χ1n) is 4.00. The van der Waals surface area contributed by atoms with Crippen LogP contribution in [0.15, 0.2) is 12.1 Å². The fourth-order valence-corrected chi connectivity index (χ4v) is 1.21. The van der Waals surface area contributed by atoms with Gasteiger partial charge in [-0.05, 0) is 12.5 Å². The second-order valence-corrected chi connectivity index (χ2v) is 3.22. The van der Waals surface area contributed by atoms with Crippen molar-refractivity contribution in [2.75, 3.05) is 0 Å². The van der Waals surface area contributed by atoms with Gasteiger partial charge in [-0.15, -0.1) is 0 Å². The maximum atomic E-state index is 13.3. The van der Waals surface area contributed by atoms with E-state index in [2.05, 4.69) is 0 Å². The summed E-state index contributed by atoms with van der Waals surface area (Å²) in [6.45, 7) is 1.84. The van der Waals surface area contributed by atoms with E-state index in [1.165, 1.54) is 12.1 Å². The number of nitrogens with two attached hydrogens (primary N) is 1. The van der Waals surface area contributed by atoms with Gasteiger partial charge >= 0.3 is 0 Å². The molecule has 0 radical (unpaired) electrons. The first kappa shape index (κ1) is 10.3. The van der Waals surface area contributed by atoms with Gasteiger partial charge in [-0.3, -0.25) is 0 Å². The fourth-order valence-electron chi connectivity index (χ4n) is 1.06. The van der Waals surface area contributed by atoms with Gasteiger partial charge in [0.05, 0.1) is 5.02 Å². The summed E-state index contributed by atoms with van der Waals surface area (Å²) in [5.74, 6) is -1.25. The quantitative estimate of drug-likeness (QED) is 0.776. The van der Waals surface area contributed by atoms with Crippen LogP contribution < -0.4 is 5.73 Å². The maximum Gasteiger partial charge on any atom is 0.171 e. The van der Waals surface area contributed by atoms with Crippen molar-refractivity contribution in [1.29, 1.82) is 0 Å². The van der Waals surface area contributed by atoms with E-state index in [0.717, 1.165) is 0 Å². The number of aromatic hydroxyl groups is 1. The van der Waals surface area contributed by atoms with Crippen LogP contribution in [-0.2, 0) is 0 Å². The Balaban J connectivity index is 3.18. The Hall–Kier alpha value is -0.800. The number of phenols is 1. The van der Waals surface area contributed by atoms with Gasteiger partial charge in [-0.25, -0.2) is 4.39 Å². The molecule has 0 spiro atoms. The molecule has 0 saturated carbocycles. The number of phenolic OH excluding ortho intramolecular Hbond substituents is 1. The molecule has 13 heavy (non-hydrogen) atoms. The first-order valence-corrected chi connectivity index (χ1v) is 4.38. The summed E-state index contributed by atoms with van der Waals surface area (Å²) in [7, 11) is 0. The number of benzene rings is 1. The zero-order chi connectivity index (χ0) is 10.0. The van der Waals surface area contributed by atoms with E-state index in [0.29, 0.717) is 12.0 Å². The second kappa shape index (κ2) is 3.94. The highest BCUT2D eigenvalue weighted by molar-refractivity contribution is 6.32. The Morgan fingerprint density at radius 3 is 2.77 bits per heavy atom. The Labute approximate surface area is 81.1 Å². The zero-order valence-electron chi connectivity index (χ0n) is 7.22. The number of rotatable bonds is 2. The zero-order valence-corrected chi connectivity index (χ0v) is 7.98. The summed E-state index contributed by atoms with van der Waals surface area (Å²) in [5.41, 5.74) is 5.92. The maximum absolute atomic E-state index is 13.3. The van der Waals surface area contributed by atoms with Gasteiger partial charge in [0, 0.05) is 11.6 Å². The highest BCUT2D eigenvalue weighted by atomic mass is 35.5. The topological polar surface area (TPSA) is 46.2 Å². The van der Waals surface area contributed by atoms with Crippen molar-refractivity contribution < 1.29 is 9.50 Å². The molecule has 0 fully saturated rings. The third kappa shape index (κ3) is 1.92. The molecule has 0 aliphatic carbocycles. The number of halogens is 2. The van der Waals surface area contributed by atoms with Gasteiger partial charge in [-0.1, -0.05) is 24.6 Å². The van der Waals surface area contributed by atoms with E-state index in [9.17, 15) is 4.39 Å². The van der Waals surface area contributed by atoms with Crippen molar-refractivity contribution in [3.8, 4) is 5.75 Å². The van der Waals surface area contributed by atoms with Crippen LogP contribution in [0.1, 0.15) is 24.9 Å². The summed E-state index contributed by atoms with van der Waals surface area (Å²) in [6.07, 6.45) is 0.609. The molecule has 1 rings (SSSR count). The van der Waals surface area contributed by atoms with Gasteiger partial charge in [0.2, 0.25) is 0 Å². The van der Waals surface area contributed by atoms with Gasteiger partial charge < -0.3 is 10.8 Å². The normalized spacial score (nSPS) is 12.9. The molecular formula is C9H11ClFNO. The molecule has 3 N–H and O–H groups in total. The van der Waals surface area contributed by atoms with Crippen LogP contribution in [0.4, 0.5) is 4.39 Å². The van der Waals surface area contributed by atoms with Crippen LogP contribution in [0.3, 0.4) is 0 Å². The average Bonchev–Trinajstić information content (AvgIpc) is 2.13. The van der Waals surface area contributed by atoms with Gasteiger partial charge in [-0.2, -0.15) is 0 Å². The lowest BCUT2D eigenvalue weighted by molar-refractivity contribution is 0.425. The third-order valence-corrected chi connectivity index (χ3v) is 2.24. The standard InChI is InChI=1S/C9H11ClFNO/c1-2-7(12)5-3-4-6(10)9(13)8(5)11/h3-4,7,13H,2,12H2,1H3/t7-/m0/s1. The predicted octanol–water partition coefficient (Wildman–Crippen LogP) is 2.59. The third-order valence-electron chi connectivity index (χ3n) is 1.94. The summed E-state index contributed by atoms with van der Waals surface area (Å²) < 4.78 is 13.3. The Bertz CT molecular complexity index is 317. The molecule has 1 aromatic carbocycles. The molecule has 0 heterocycles. The lowest BCUT2D eigenvalue weighted by Gasteiger charge is -2.11. The van der Waals surface area contributed by atoms with Gasteiger partial charge in [0.1, 0.15) is 0 Å². The second-order valence-electron chi connectivity index (χ2n) is 2.81. The SMILES string of the molecule is CC[C@H](N)c1ccc(Cl)c(O)c1F. The number of hydrogen-bond donors (Lipinski definition) is 2. The van der Waals surface area contributed by atoms with Gasteiger partial charge in [0.15, 0.2) is 11.6 Å². The van der Waals surface area contributed by atoms with Crippen molar-refractivity contribution >= 4 is 11.6 Å². The molecule has 0 unspecified atom stereocenters. The smallest absolute Gasteiger partial charge is 0.171 e. The minimum atomic E-state index is -0.721. The molecule has 0 aromatic heterocycles. The van der Waals surface area contributed by atoms with Crippen LogP contribution in [0.5, 0.6) is 5.75 Å². The fraction of sp³-hybridized carbons (Fsp3) is 0.333. The van der Waals surface area contributed by atoms with Crippen LogP contribution in [0, 0.1) is 5.82 Å². The van der Waals surface area contributed by atoms with Crippen molar-refractivity contribution in [3.05, 3.63) is 28.5 Å². The van der Waals surface area contributed by atoms with Crippen molar-refractivity contribution in [2.24, 2.45) is 5.73 Å². The first-order chi connectivity index (χ1) is 6.07. The molecule has 0 aliphatic heterocycles. The summed E-state index contributed by atoms with van der Waals surface area (Å²) in [4.78, 5) is 0. The molecule has 72 valence electrons. The molecule has 2 nitrogen and oxygen atoms in total. The minimum absolute atomic E-state index is 0.00422. The molecule has 0 aliphatic rings. The number of hydrogen-bond acceptors (Lipinski definition) is 2. The molecule has 0 saturated heterocycles. The Kier molecular flexibility index (Phi) is 3.12. The molecule has 0 bridgehead atoms. The van der Waals surface area contributed by atoms with Crippen LogP contribution in [-0.4, -0.2) is 5.11 Å². The van der Waals surface area contributed by atoms with Crippen molar-refractivity contribution in [2.45, 2.75) is 19.4 Å². The van der Waals surface area contributed by atoms with Crippen LogP contribution in [0.25, 0.3) is 0 Å². The predicted molar refractivity (Wildman–Crippen MR) is 50.3 cm³/mol. The molecular weight excluding hydrogens is 193 g/mol. The van der Waals surface area contributed by atoms with E-state index in [1.54, 1.807) is 0 Å². The monoisotopic (exact) mass is 203 g/mol. The highest BCUT2D eigenvalue weighted by Gasteiger charge is 2.15. The van der Waals surface area contributed by atoms with Crippen LogP contribution in [0.2, 0.25) is 5.02 Å². The van der Waals surface area contributed by atoms with E-state index in [1.807, 2.05) is 6.92 Å². The summed E-state index contributed by atoms with van der Waals surface area (Å²) in [5, 5.41) is 9.17. The van der Waals surface area contributed by atoms with E-state index in [4.69, 9.17) is 22.4 Å². The Morgan fingerprint density at radius 1 is 1.62 bits per heavy atom. The lowest BCUT2D eigenvalue weighted by Crippen LogP contribution is -2.10. The largest absolute Gasteiger partial charge is 0.504 e. The molecule has 1 atom stereocenters. The van der Waals surface area contributed by atoms with Gasteiger partial charge in [0.25, 0.3) is 0 Å². The average molecular weight is 204 g/mol. The summed E-state index contributed by atoms with van der Waals surface area (Å²) >= 11 is 5.50. The molecule has 1 aromatic rings. The molecule has 0 amide bonds. The lowest BCUT2D eigenvalue weighted by atomic mass is 10.0. The highest BCUT2D eigenvalue weighted by Crippen LogP contribution is 2.31. The van der Waals surface area contributed by atoms with E-state index < -0.39 is 17.6 Å². The van der Waals surface area contributed by atoms with E-state index >= 15 is 0 Å².